The van der Waals surface area contributed by atoms with Crippen molar-refractivity contribution in [2.75, 3.05) is 19.3 Å². The number of nitrogen functional groups attached to an aromatic ring is 1. The molecule has 0 aromatic carbocycles. The minimum absolute atomic E-state index is 0.0102. The van der Waals surface area contributed by atoms with Gasteiger partial charge in [-0.05, 0) is 90.4 Å². The fraction of sp³-hybridized carbons (Fsp3) is 0.586. The molecule has 4 N–H and O–H groups in total. The number of likely N-dealkylation sites (N-methyl/N-ethyl adjacent to an activating group) is 1. The maximum absolute atomic E-state index is 14.1. The third-order valence-corrected chi connectivity index (χ3v) is 9.86. The van der Waals surface area contributed by atoms with Crippen LogP contribution in [0.25, 0.3) is 5.70 Å². The molecule has 2 fully saturated rings. The number of carbonyl (C=O) groups is 1. The number of ether oxygens (including phenoxy) is 1. The van der Waals surface area contributed by atoms with Gasteiger partial charge in [-0.3, -0.25) is 9.69 Å². The molecule has 204 valence electrons. The Balaban J connectivity index is 0.00000164. The van der Waals surface area contributed by atoms with Gasteiger partial charge >= 0.3 is 6.01 Å². The normalized spacial score (nSPS) is 27.2. The van der Waals surface area contributed by atoms with Gasteiger partial charge in [0.15, 0.2) is 5.78 Å². The second-order valence-corrected chi connectivity index (χ2v) is 11.8. The second kappa shape index (κ2) is 11.0. The Bertz CT molecular complexity index is 1280. The maximum Gasteiger partial charge on any atom is 0.317 e. The Morgan fingerprint density at radius 3 is 2.61 bits per heavy atom. The molecule has 3 atom stereocenters. The molecular formula is C29H40N6O2S. The summed E-state index contributed by atoms with van der Waals surface area (Å²) in [5, 5.41) is 10.3. The van der Waals surface area contributed by atoms with Crippen molar-refractivity contribution in [2.24, 2.45) is 5.73 Å². The number of anilines is 1. The van der Waals surface area contributed by atoms with Gasteiger partial charge in [0, 0.05) is 16.6 Å². The lowest BCUT2D eigenvalue weighted by atomic mass is 9.61. The number of ketones is 1. The zero-order valence-electron chi connectivity index (χ0n) is 23.3. The van der Waals surface area contributed by atoms with E-state index >= 15 is 0 Å². The van der Waals surface area contributed by atoms with Crippen molar-refractivity contribution in [3.63, 3.8) is 0 Å². The van der Waals surface area contributed by atoms with E-state index in [2.05, 4.69) is 34.9 Å². The number of hydrogen-bond acceptors (Lipinski definition) is 9. The van der Waals surface area contributed by atoms with E-state index < -0.39 is 5.41 Å². The van der Waals surface area contributed by atoms with Crippen LogP contribution < -0.4 is 16.2 Å². The first-order valence-electron chi connectivity index (χ1n) is 13.8. The lowest BCUT2D eigenvalue weighted by Gasteiger charge is -2.40. The predicted molar refractivity (Wildman–Crippen MR) is 152 cm³/mol. The third kappa shape index (κ3) is 4.58. The first-order valence-corrected chi connectivity index (χ1v) is 14.6. The van der Waals surface area contributed by atoms with E-state index in [0.717, 1.165) is 49.1 Å². The number of thiophene rings is 1. The zero-order chi connectivity index (χ0) is 27.7. The van der Waals surface area contributed by atoms with Gasteiger partial charge in [0.1, 0.15) is 17.2 Å². The number of aryl methyl sites for hydroxylation is 1. The number of Topliss-reactive ketones (excluding diaryl/α,β-unsaturated/α-hetero) is 1. The summed E-state index contributed by atoms with van der Waals surface area (Å²) in [5.74, 6) is 0.0102. The van der Waals surface area contributed by atoms with Gasteiger partial charge in [0.05, 0.1) is 27.9 Å². The van der Waals surface area contributed by atoms with Crippen molar-refractivity contribution in [3.05, 3.63) is 39.5 Å². The fourth-order valence-corrected chi connectivity index (χ4v) is 7.57. The average Bonchev–Trinajstić information content (AvgIpc) is 3.45. The SMILES string of the molecule is CC.C[C@H](Oc1nccc(/C(N)=C2\CCC[C@@]3(CCCc4sc(N)c(C#N)c43)C2=O)n1)[C@@]1(C)CCCN1C. The van der Waals surface area contributed by atoms with Gasteiger partial charge < -0.3 is 16.2 Å². The number of hydrogen-bond donors (Lipinski definition) is 2. The molecule has 8 nitrogen and oxygen atoms in total. The smallest absolute Gasteiger partial charge is 0.317 e. The molecule has 2 aromatic heterocycles. The number of likely N-dealkylation sites (tertiary alicyclic amines) is 1. The Hall–Kier alpha value is -2.96. The Morgan fingerprint density at radius 2 is 1.95 bits per heavy atom. The summed E-state index contributed by atoms with van der Waals surface area (Å²) >= 11 is 1.45. The number of aromatic nitrogens is 2. The molecule has 2 aliphatic carbocycles. The summed E-state index contributed by atoms with van der Waals surface area (Å²) in [5.41, 5.74) is 14.8. The molecule has 3 heterocycles. The maximum atomic E-state index is 14.1. The molecule has 2 aromatic rings. The highest BCUT2D eigenvalue weighted by molar-refractivity contribution is 7.16. The number of nitrogens with zero attached hydrogens (tertiary/aromatic N) is 4. The third-order valence-electron chi connectivity index (χ3n) is 8.79. The number of allylic oxidation sites excluding steroid dienone is 1. The van der Waals surface area contributed by atoms with Crippen LogP contribution in [0.2, 0.25) is 0 Å². The predicted octanol–water partition coefficient (Wildman–Crippen LogP) is 4.97. The van der Waals surface area contributed by atoms with Crippen LogP contribution in [0.3, 0.4) is 0 Å². The van der Waals surface area contributed by atoms with Crippen molar-refractivity contribution < 1.29 is 9.53 Å². The number of nitrogens with two attached hydrogens (primary N) is 2. The highest BCUT2D eigenvalue weighted by Gasteiger charge is 2.49. The number of carbonyl (C=O) groups excluding carboxylic acids is 1. The van der Waals surface area contributed by atoms with Crippen LogP contribution in [0.4, 0.5) is 5.00 Å². The summed E-state index contributed by atoms with van der Waals surface area (Å²) in [4.78, 5) is 26.4. The molecule has 1 saturated heterocycles. The number of nitriles is 1. The van der Waals surface area contributed by atoms with Crippen molar-refractivity contribution in [2.45, 2.75) is 96.1 Å². The highest BCUT2D eigenvalue weighted by Crippen LogP contribution is 2.52. The Labute approximate surface area is 230 Å². The van der Waals surface area contributed by atoms with Crippen LogP contribution in [-0.2, 0) is 16.6 Å². The van der Waals surface area contributed by atoms with Gasteiger partial charge in [-0.25, -0.2) is 4.98 Å². The van der Waals surface area contributed by atoms with E-state index in [1.807, 2.05) is 20.8 Å². The molecule has 0 unspecified atom stereocenters. The van der Waals surface area contributed by atoms with E-state index in [1.165, 1.54) is 11.3 Å². The van der Waals surface area contributed by atoms with Crippen molar-refractivity contribution in [3.8, 4) is 12.1 Å². The highest BCUT2D eigenvalue weighted by atomic mass is 32.1. The second-order valence-electron chi connectivity index (χ2n) is 10.6. The van der Waals surface area contributed by atoms with Crippen LogP contribution in [0.5, 0.6) is 6.01 Å². The minimum atomic E-state index is -0.729. The Kier molecular flexibility index (Phi) is 8.15. The van der Waals surface area contributed by atoms with E-state index in [4.69, 9.17) is 16.2 Å². The molecule has 0 bridgehead atoms. The first kappa shape index (κ1) is 28.1. The molecule has 9 heteroatoms. The van der Waals surface area contributed by atoms with Crippen molar-refractivity contribution in [1.82, 2.24) is 14.9 Å². The summed E-state index contributed by atoms with van der Waals surface area (Å²) in [6.45, 7) is 9.29. The largest absolute Gasteiger partial charge is 0.458 e. The van der Waals surface area contributed by atoms with E-state index in [1.54, 1.807) is 12.3 Å². The first-order chi connectivity index (χ1) is 18.2. The van der Waals surface area contributed by atoms with Crippen molar-refractivity contribution in [1.29, 1.82) is 5.26 Å². The lowest BCUT2D eigenvalue weighted by molar-refractivity contribution is -0.122. The molecule has 1 spiro atoms. The van der Waals surface area contributed by atoms with Gasteiger partial charge in [-0.1, -0.05) is 13.8 Å². The lowest BCUT2D eigenvalue weighted by Crippen LogP contribution is -2.50. The van der Waals surface area contributed by atoms with E-state index in [9.17, 15) is 10.1 Å². The molecule has 0 radical (unpaired) electrons. The standard InChI is InChI=1S/C27H34N6O2S.C2H6/c1-16(26(2)10-6-14-33(26)3)35-25-31-13-9-19(32-25)22(29)17-7-4-11-27(23(17)34)12-5-8-20-21(27)18(15-28)24(30)36-20;1-2/h9,13,16H,4-8,10-12,14,29-30H2,1-3H3;1-2H3/b22-17-;/t16-,26+,27-;/m0./s1. The molecular weight excluding hydrogens is 496 g/mol. The monoisotopic (exact) mass is 536 g/mol. The summed E-state index contributed by atoms with van der Waals surface area (Å²) in [6, 6.07) is 4.27. The Morgan fingerprint density at radius 1 is 1.24 bits per heavy atom. The molecule has 1 aliphatic heterocycles. The van der Waals surface area contributed by atoms with Crippen LogP contribution in [0.1, 0.15) is 94.3 Å². The van der Waals surface area contributed by atoms with Crippen molar-refractivity contribution >= 4 is 27.8 Å². The van der Waals surface area contributed by atoms with Gasteiger partial charge in [-0.15, -0.1) is 11.3 Å². The average molecular weight is 537 g/mol. The fourth-order valence-electron chi connectivity index (χ4n) is 6.40. The summed E-state index contributed by atoms with van der Waals surface area (Å²) in [6.07, 6.45) is 8.28. The van der Waals surface area contributed by atoms with E-state index in [0.29, 0.717) is 46.8 Å². The van der Waals surface area contributed by atoms with Crippen LogP contribution >= 0.6 is 11.3 Å². The number of rotatable bonds is 4. The molecule has 3 aliphatic rings. The van der Waals surface area contributed by atoms with Gasteiger partial charge in [-0.2, -0.15) is 10.2 Å². The molecule has 1 saturated carbocycles. The summed E-state index contributed by atoms with van der Waals surface area (Å²) < 4.78 is 6.19. The number of fused-ring (bicyclic) bond motifs is 2. The molecule has 38 heavy (non-hydrogen) atoms. The minimum Gasteiger partial charge on any atom is -0.458 e. The topological polar surface area (TPSA) is 131 Å². The van der Waals surface area contributed by atoms with Gasteiger partial charge in [0.2, 0.25) is 0 Å². The van der Waals surface area contributed by atoms with Crippen LogP contribution in [0.15, 0.2) is 17.8 Å². The quantitative estimate of drug-likeness (QED) is 0.524. The molecule has 5 rings (SSSR count). The van der Waals surface area contributed by atoms with Crippen LogP contribution in [0, 0.1) is 11.3 Å². The van der Waals surface area contributed by atoms with Gasteiger partial charge in [0.25, 0.3) is 0 Å². The van der Waals surface area contributed by atoms with E-state index in [-0.39, 0.29) is 23.4 Å². The van der Waals surface area contributed by atoms with Crippen LogP contribution in [-0.4, -0.2) is 45.9 Å². The molecule has 0 amide bonds. The zero-order valence-corrected chi connectivity index (χ0v) is 24.1. The summed E-state index contributed by atoms with van der Waals surface area (Å²) in [7, 11) is 2.12.